The first-order chi connectivity index (χ1) is 11.6. The van der Waals surface area contributed by atoms with E-state index in [4.69, 9.17) is 32.7 Å². The maximum atomic E-state index is 12.3. The monoisotopic (exact) mass is 367 g/mol. The molecule has 6 rings (SSSR count). The highest BCUT2D eigenvalue weighted by Crippen LogP contribution is 2.62. The predicted octanol–water partition coefficient (Wildman–Crippen LogP) is 4.74. The minimum Gasteiger partial charge on any atom is -0.446 e. The fourth-order valence-electron chi connectivity index (χ4n) is 5.50. The Labute approximate surface area is 150 Å². The molecular weight excluding hydrogens is 349 g/mol. The van der Waals surface area contributed by atoms with Gasteiger partial charge < -0.3 is 9.47 Å². The number of benzene rings is 1. The molecule has 128 valence electrons. The zero-order chi connectivity index (χ0) is 16.4. The Morgan fingerprint density at radius 1 is 1.12 bits per heavy atom. The maximum Gasteiger partial charge on any atom is 0.411 e. The van der Waals surface area contributed by atoms with Gasteiger partial charge in [-0.25, -0.2) is 4.79 Å². The Bertz CT molecular complexity index is 677. The van der Waals surface area contributed by atoms with Crippen molar-refractivity contribution >= 4 is 35.0 Å². The van der Waals surface area contributed by atoms with Crippen LogP contribution in [0.15, 0.2) is 18.2 Å². The molecular formula is C18H19Cl2NO3. The van der Waals surface area contributed by atoms with Crippen LogP contribution in [0.3, 0.4) is 0 Å². The van der Waals surface area contributed by atoms with E-state index in [1.807, 2.05) is 0 Å². The maximum absolute atomic E-state index is 12.3. The van der Waals surface area contributed by atoms with Crippen molar-refractivity contribution in [1.82, 2.24) is 0 Å². The number of anilines is 1. The summed E-state index contributed by atoms with van der Waals surface area (Å²) in [5.74, 6) is 2.53. The van der Waals surface area contributed by atoms with Crippen LogP contribution in [0, 0.1) is 23.7 Å². The number of epoxide rings is 1. The minimum absolute atomic E-state index is 0.0251. The molecule has 4 nitrogen and oxygen atoms in total. The summed E-state index contributed by atoms with van der Waals surface area (Å²) >= 11 is 11.9. The van der Waals surface area contributed by atoms with Crippen LogP contribution in [-0.2, 0) is 9.47 Å². The number of fused-ring (bicyclic) bond motifs is 3. The number of carbonyl (C=O) groups excluding carboxylic acids is 1. The van der Waals surface area contributed by atoms with E-state index in [9.17, 15) is 4.79 Å². The zero-order valence-electron chi connectivity index (χ0n) is 13.1. The number of hydrogen-bond donors (Lipinski definition) is 1. The SMILES string of the molecule is O=C(Nc1cc(Cl)cc(Cl)c1)O[C@@H]1C[C@H]2CC[C@H]1[C@@H]1C[C@@H]3O[C@@H]3[C@H]21. The van der Waals surface area contributed by atoms with Gasteiger partial charge >= 0.3 is 6.09 Å². The van der Waals surface area contributed by atoms with E-state index in [0.717, 1.165) is 12.8 Å². The molecule has 0 radical (unpaired) electrons. The molecule has 1 aromatic rings. The van der Waals surface area contributed by atoms with Crippen molar-refractivity contribution in [2.45, 2.75) is 44.0 Å². The van der Waals surface area contributed by atoms with E-state index in [1.54, 1.807) is 18.2 Å². The first-order valence-electron chi connectivity index (χ1n) is 8.67. The summed E-state index contributed by atoms with van der Waals surface area (Å²) in [5.41, 5.74) is 0.562. The zero-order valence-corrected chi connectivity index (χ0v) is 14.6. The Kier molecular flexibility index (Phi) is 3.52. The van der Waals surface area contributed by atoms with E-state index in [-0.39, 0.29) is 6.10 Å². The van der Waals surface area contributed by atoms with Crippen molar-refractivity contribution in [2.24, 2.45) is 23.7 Å². The van der Waals surface area contributed by atoms with Gasteiger partial charge in [-0.15, -0.1) is 0 Å². The Balaban J connectivity index is 1.26. The molecule has 0 spiro atoms. The van der Waals surface area contributed by atoms with Crippen LogP contribution in [0.1, 0.15) is 25.7 Å². The molecule has 1 aliphatic heterocycles. The van der Waals surface area contributed by atoms with Gasteiger partial charge in [0.1, 0.15) is 6.10 Å². The summed E-state index contributed by atoms with van der Waals surface area (Å²) in [6.45, 7) is 0. The number of carbonyl (C=O) groups is 1. The van der Waals surface area contributed by atoms with Crippen molar-refractivity contribution in [3.63, 3.8) is 0 Å². The van der Waals surface area contributed by atoms with Gasteiger partial charge in [0.2, 0.25) is 0 Å². The predicted molar refractivity (Wildman–Crippen MR) is 91.4 cm³/mol. The van der Waals surface area contributed by atoms with Crippen LogP contribution in [-0.4, -0.2) is 24.4 Å². The Morgan fingerprint density at radius 3 is 2.71 bits per heavy atom. The average Bonchev–Trinajstić information content (AvgIpc) is 3.16. The number of hydrogen-bond acceptors (Lipinski definition) is 3. The van der Waals surface area contributed by atoms with Crippen molar-refractivity contribution in [3.8, 4) is 0 Å². The van der Waals surface area contributed by atoms with Gasteiger partial charge in [0, 0.05) is 15.7 Å². The molecule has 2 bridgehead atoms. The van der Waals surface area contributed by atoms with Gasteiger partial charge in [0.05, 0.1) is 12.2 Å². The normalized spacial score (nSPS) is 41.5. The van der Waals surface area contributed by atoms with E-state index in [2.05, 4.69) is 5.32 Å². The van der Waals surface area contributed by atoms with E-state index in [1.165, 1.54) is 12.8 Å². The molecule has 0 unspecified atom stereocenters. The molecule has 1 heterocycles. The highest BCUT2D eigenvalue weighted by Gasteiger charge is 2.64. The third-order valence-electron chi connectivity index (χ3n) is 6.35. The Hall–Kier alpha value is -0.970. The van der Waals surface area contributed by atoms with Crippen LogP contribution < -0.4 is 5.32 Å². The van der Waals surface area contributed by atoms with Crippen molar-refractivity contribution in [2.75, 3.05) is 5.32 Å². The lowest BCUT2D eigenvalue weighted by atomic mass is 9.58. The molecule has 1 amide bonds. The van der Waals surface area contributed by atoms with Gasteiger partial charge in [0.25, 0.3) is 0 Å². The molecule has 1 N–H and O–H groups in total. The second-order valence-electron chi connectivity index (χ2n) is 7.58. The summed E-state index contributed by atoms with van der Waals surface area (Å²) in [4.78, 5) is 12.3. The number of ether oxygens (including phenoxy) is 2. The van der Waals surface area contributed by atoms with Crippen LogP contribution in [0.4, 0.5) is 10.5 Å². The molecule has 7 atom stereocenters. The number of rotatable bonds is 2. The fourth-order valence-corrected chi connectivity index (χ4v) is 6.03. The van der Waals surface area contributed by atoms with E-state index < -0.39 is 6.09 Å². The average molecular weight is 368 g/mol. The second-order valence-corrected chi connectivity index (χ2v) is 8.45. The quantitative estimate of drug-likeness (QED) is 0.767. The van der Waals surface area contributed by atoms with Gasteiger partial charge in [-0.1, -0.05) is 23.2 Å². The van der Waals surface area contributed by atoms with Crippen LogP contribution in [0.2, 0.25) is 10.0 Å². The molecule has 4 saturated carbocycles. The minimum atomic E-state index is -0.415. The van der Waals surface area contributed by atoms with Crippen molar-refractivity contribution in [3.05, 3.63) is 28.2 Å². The molecule has 24 heavy (non-hydrogen) atoms. The van der Waals surface area contributed by atoms with Crippen molar-refractivity contribution in [1.29, 1.82) is 0 Å². The summed E-state index contributed by atoms with van der Waals surface area (Å²) in [5, 5.41) is 3.73. The molecule has 1 saturated heterocycles. The highest BCUT2D eigenvalue weighted by molar-refractivity contribution is 6.35. The molecule has 0 aromatic heterocycles. The number of nitrogens with one attached hydrogen (secondary N) is 1. The lowest BCUT2D eigenvalue weighted by molar-refractivity contribution is -0.0851. The molecule has 6 heteroatoms. The third-order valence-corrected chi connectivity index (χ3v) is 6.78. The van der Waals surface area contributed by atoms with Gasteiger partial charge in [0.15, 0.2) is 0 Å². The summed E-state index contributed by atoms with van der Waals surface area (Å²) in [6.07, 6.45) is 5.16. The van der Waals surface area contributed by atoms with Crippen LogP contribution >= 0.6 is 23.2 Å². The van der Waals surface area contributed by atoms with Gasteiger partial charge in [-0.3, -0.25) is 5.32 Å². The third kappa shape index (κ3) is 2.51. The van der Waals surface area contributed by atoms with E-state index in [0.29, 0.717) is 51.6 Å². The first-order valence-corrected chi connectivity index (χ1v) is 9.43. The molecule has 4 aliphatic carbocycles. The second kappa shape index (κ2) is 5.52. The molecule has 5 aliphatic rings. The summed E-state index contributed by atoms with van der Waals surface area (Å²) in [6, 6.07) is 4.96. The molecule has 1 aromatic carbocycles. The number of halogens is 2. The Morgan fingerprint density at radius 2 is 1.92 bits per heavy atom. The fraction of sp³-hybridized carbons (Fsp3) is 0.611. The molecule has 5 fully saturated rings. The summed E-state index contributed by atoms with van der Waals surface area (Å²) < 4.78 is 11.5. The summed E-state index contributed by atoms with van der Waals surface area (Å²) in [7, 11) is 0. The smallest absolute Gasteiger partial charge is 0.411 e. The van der Waals surface area contributed by atoms with Crippen molar-refractivity contribution < 1.29 is 14.3 Å². The van der Waals surface area contributed by atoms with E-state index >= 15 is 0 Å². The van der Waals surface area contributed by atoms with Crippen LogP contribution in [0.5, 0.6) is 0 Å². The largest absolute Gasteiger partial charge is 0.446 e. The highest BCUT2D eigenvalue weighted by atomic mass is 35.5. The lowest BCUT2D eigenvalue weighted by Gasteiger charge is -2.50. The lowest BCUT2D eigenvalue weighted by Crippen LogP contribution is -2.49. The van der Waals surface area contributed by atoms with Crippen LogP contribution in [0.25, 0.3) is 0 Å². The van der Waals surface area contributed by atoms with Gasteiger partial charge in [-0.2, -0.15) is 0 Å². The standard InChI is InChI=1S/C18H19Cl2NO3/c19-9-4-10(20)6-11(5-9)21-18(22)24-14-3-8-1-2-12(14)13-7-15-17(23-15)16(8)13/h4-6,8,12-17H,1-3,7H2,(H,21,22)/t8-,12+,13+,14-,15+,16-,17+/m1/s1. The topological polar surface area (TPSA) is 50.9 Å². The van der Waals surface area contributed by atoms with Gasteiger partial charge in [-0.05, 0) is 67.6 Å². The number of amides is 1. The first kappa shape index (κ1) is 15.3.